The Morgan fingerprint density at radius 1 is 1.19 bits per heavy atom. The number of carbonyl (C=O) groups excluding carboxylic acids is 1. The minimum atomic E-state index is -3.54. The number of nitrogens with zero attached hydrogens (tertiary/aromatic N) is 2. The van der Waals surface area contributed by atoms with Gasteiger partial charge in [-0.25, -0.2) is 8.42 Å². The molecule has 0 spiro atoms. The van der Waals surface area contributed by atoms with Crippen LogP contribution in [-0.4, -0.2) is 69.5 Å². The third-order valence-corrected chi connectivity index (χ3v) is 6.91. The molecule has 1 amide bonds. The molecule has 0 aromatic heterocycles. The number of piperazine rings is 1. The van der Waals surface area contributed by atoms with Gasteiger partial charge in [-0.05, 0) is 43.5 Å². The van der Waals surface area contributed by atoms with E-state index in [9.17, 15) is 13.2 Å². The average molecular weight is 382 g/mol. The number of benzene rings is 1. The minimum absolute atomic E-state index is 0.0852. The summed E-state index contributed by atoms with van der Waals surface area (Å²) in [6.45, 7) is 2.29. The lowest BCUT2D eigenvalue weighted by atomic mass is 10.1. The molecule has 8 heteroatoms. The smallest absolute Gasteiger partial charge is 0.243 e. The van der Waals surface area contributed by atoms with Gasteiger partial charge in [-0.1, -0.05) is 0 Å². The molecular formula is C18H26N2O5S. The van der Waals surface area contributed by atoms with Crippen molar-refractivity contribution in [3.63, 3.8) is 0 Å². The highest BCUT2D eigenvalue weighted by Gasteiger charge is 2.30. The molecule has 2 heterocycles. The highest BCUT2D eigenvalue weighted by molar-refractivity contribution is 7.89. The van der Waals surface area contributed by atoms with E-state index < -0.39 is 10.0 Å². The SMILES string of the molecule is COc1ccc(S(=O)(=O)N2CCN(C(=O)CCC3CCCO3)CC2)cc1. The Hall–Kier alpha value is -1.64. The second-order valence-electron chi connectivity index (χ2n) is 6.63. The number of carbonyl (C=O) groups is 1. The summed E-state index contributed by atoms with van der Waals surface area (Å²) in [6, 6.07) is 6.37. The van der Waals surface area contributed by atoms with Gasteiger partial charge in [0.25, 0.3) is 0 Å². The summed E-state index contributed by atoms with van der Waals surface area (Å²) in [5.41, 5.74) is 0. The van der Waals surface area contributed by atoms with Gasteiger partial charge in [-0.3, -0.25) is 4.79 Å². The predicted octanol–water partition coefficient (Wildman–Crippen LogP) is 1.49. The van der Waals surface area contributed by atoms with Crippen molar-refractivity contribution in [1.82, 2.24) is 9.21 Å². The number of hydrogen-bond donors (Lipinski definition) is 0. The normalized spacial score (nSPS) is 21.7. The van der Waals surface area contributed by atoms with Gasteiger partial charge in [-0.2, -0.15) is 4.31 Å². The van der Waals surface area contributed by atoms with Crippen LogP contribution in [0.3, 0.4) is 0 Å². The largest absolute Gasteiger partial charge is 0.497 e. The zero-order valence-corrected chi connectivity index (χ0v) is 15.9. The fourth-order valence-electron chi connectivity index (χ4n) is 3.39. The lowest BCUT2D eigenvalue weighted by Crippen LogP contribution is -2.50. The molecule has 1 aromatic carbocycles. The molecule has 0 saturated carbocycles. The van der Waals surface area contributed by atoms with Gasteiger partial charge in [0, 0.05) is 39.2 Å². The van der Waals surface area contributed by atoms with Crippen molar-refractivity contribution < 1.29 is 22.7 Å². The van der Waals surface area contributed by atoms with Crippen LogP contribution < -0.4 is 4.74 Å². The lowest BCUT2D eigenvalue weighted by molar-refractivity contribution is -0.133. The van der Waals surface area contributed by atoms with Gasteiger partial charge in [0.2, 0.25) is 15.9 Å². The summed E-state index contributed by atoms with van der Waals surface area (Å²) in [4.78, 5) is 14.3. The van der Waals surface area contributed by atoms with Crippen LogP contribution in [0.5, 0.6) is 5.75 Å². The van der Waals surface area contributed by atoms with E-state index >= 15 is 0 Å². The van der Waals surface area contributed by atoms with Crippen molar-refractivity contribution >= 4 is 15.9 Å². The van der Waals surface area contributed by atoms with Gasteiger partial charge in [0.15, 0.2) is 0 Å². The molecule has 7 nitrogen and oxygen atoms in total. The van der Waals surface area contributed by atoms with E-state index in [2.05, 4.69) is 0 Å². The molecule has 2 saturated heterocycles. The number of sulfonamides is 1. The third kappa shape index (κ3) is 4.36. The highest BCUT2D eigenvalue weighted by Crippen LogP contribution is 2.21. The summed E-state index contributed by atoms with van der Waals surface area (Å²) < 4.78 is 37.5. The first kappa shape index (κ1) is 19.1. The second kappa shape index (κ2) is 8.37. The Morgan fingerprint density at radius 3 is 2.46 bits per heavy atom. The average Bonchev–Trinajstić information content (AvgIpc) is 3.20. The van der Waals surface area contributed by atoms with Crippen LogP contribution >= 0.6 is 0 Å². The Labute approximate surface area is 154 Å². The molecular weight excluding hydrogens is 356 g/mol. The molecule has 0 aliphatic carbocycles. The molecule has 144 valence electrons. The summed E-state index contributed by atoms with van der Waals surface area (Å²) in [5.74, 6) is 0.701. The maximum Gasteiger partial charge on any atom is 0.243 e. The molecule has 1 aromatic rings. The Kier molecular flexibility index (Phi) is 6.16. The summed E-state index contributed by atoms with van der Waals surface area (Å²) >= 11 is 0. The van der Waals surface area contributed by atoms with Gasteiger partial charge >= 0.3 is 0 Å². The molecule has 1 unspecified atom stereocenters. The topological polar surface area (TPSA) is 76.2 Å². The summed E-state index contributed by atoms with van der Waals surface area (Å²) in [5, 5.41) is 0. The van der Waals surface area contributed by atoms with E-state index in [0.717, 1.165) is 25.9 Å². The number of rotatable bonds is 6. The molecule has 2 aliphatic heterocycles. The maximum absolute atomic E-state index is 12.7. The summed E-state index contributed by atoms with van der Waals surface area (Å²) in [6.07, 6.45) is 3.52. The van der Waals surface area contributed by atoms with E-state index in [1.54, 1.807) is 36.3 Å². The summed E-state index contributed by atoms with van der Waals surface area (Å²) in [7, 11) is -2.00. The fraction of sp³-hybridized carbons (Fsp3) is 0.611. The fourth-order valence-corrected chi connectivity index (χ4v) is 4.81. The third-order valence-electron chi connectivity index (χ3n) is 4.99. The van der Waals surface area contributed by atoms with Crippen LogP contribution in [0.15, 0.2) is 29.2 Å². The number of methoxy groups -OCH3 is 1. The molecule has 2 fully saturated rings. The van der Waals surface area contributed by atoms with Crippen molar-refractivity contribution in [1.29, 1.82) is 0 Å². The second-order valence-corrected chi connectivity index (χ2v) is 8.57. The van der Waals surface area contributed by atoms with Crippen LogP contribution in [0.2, 0.25) is 0 Å². The first-order valence-electron chi connectivity index (χ1n) is 9.04. The molecule has 1 atom stereocenters. The van der Waals surface area contributed by atoms with E-state index in [-0.39, 0.29) is 16.9 Å². The van der Waals surface area contributed by atoms with Crippen molar-refractivity contribution in [2.24, 2.45) is 0 Å². The highest BCUT2D eigenvalue weighted by atomic mass is 32.2. The van der Waals surface area contributed by atoms with E-state index in [1.807, 2.05) is 0 Å². The Morgan fingerprint density at radius 2 is 1.88 bits per heavy atom. The van der Waals surface area contributed by atoms with Crippen molar-refractivity contribution in [2.75, 3.05) is 39.9 Å². The Bertz CT molecular complexity index is 706. The van der Waals surface area contributed by atoms with E-state index in [0.29, 0.717) is 38.3 Å². The first-order chi connectivity index (χ1) is 12.5. The van der Waals surface area contributed by atoms with Crippen LogP contribution in [0.25, 0.3) is 0 Å². The molecule has 3 rings (SSSR count). The molecule has 26 heavy (non-hydrogen) atoms. The van der Waals surface area contributed by atoms with Crippen molar-refractivity contribution in [3.05, 3.63) is 24.3 Å². The van der Waals surface area contributed by atoms with Gasteiger partial charge < -0.3 is 14.4 Å². The quantitative estimate of drug-likeness (QED) is 0.745. The van der Waals surface area contributed by atoms with Crippen molar-refractivity contribution in [3.8, 4) is 5.75 Å². The van der Waals surface area contributed by atoms with Gasteiger partial charge in [0.05, 0.1) is 18.1 Å². The molecule has 2 aliphatic rings. The molecule has 0 bridgehead atoms. The molecule has 0 radical (unpaired) electrons. The van der Waals surface area contributed by atoms with E-state index in [1.165, 1.54) is 4.31 Å². The first-order valence-corrected chi connectivity index (χ1v) is 10.5. The standard InChI is InChI=1S/C18H26N2O5S/c1-24-15-4-7-17(8-5-15)26(22,23)20-12-10-19(11-13-20)18(21)9-6-16-3-2-14-25-16/h4-5,7-8,16H,2-3,6,9-14H2,1H3. The zero-order chi connectivity index (χ0) is 18.6. The Balaban J connectivity index is 1.52. The van der Waals surface area contributed by atoms with Gasteiger partial charge in [-0.15, -0.1) is 0 Å². The van der Waals surface area contributed by atoms with Crippen molar-refractivity contribution in [2.45, 2.75) is 36.7 Å². The van der Waals surface area contributed by atoms with Crippen LogP contribution in [-0.2, 0) is 19.6 Å². The zero-order valence-electron chi connectivity index (χ0n) is 15.1. The predicted molar refractivity (Wildman–Crippen MR) is 96.5 cm³/mol. The van der Waals surface area contributed by atoms with E-state index in [4.69, 9.17) is 9.47 Å². The van der Waals surface area contributed by atoms with Crippen LogP contribution in [0.4, 0.5) is 0 Å². The van der Waals surface area contributed by atoms with Crippen LogP contribution in [0, 0.1) is 0 Å². The number of ether oxygens (including phenoxy) is 2. The molecule has 0 N–H and O–H groups in total. The van der Waals surface area contributed by atoms with Gasteiger partial charge in [0.1, 0.15) is 5.75 Å². The van der Waals surface area contributed by atoms with Crippen LogP contribution in [0.1, 0.15) is 25.7 Å². The minimum Gasteiger partial charge on any atom is -0.497 e. The maximum atomic E-state index is 12.7. The monoisotopic (exact) mass is 382 g/mol. The number of hydrogen-bond acceptors (Lipinski definition) is 5. The lowest BCUT2D eigenvalue weighted by Gasteiger charge is -2.34. The number of amides is 1.